The zero-order chi connectivity index (χ0) is 19.0. The molecule has 0 spiro atoms. The number of anilines is 2. The average Bonchev–Trinajstić information content (AvgIpc) is 3.12. The summed E-state index contributed by atoms with van der Waals surface area (Å²) in [5.41, 5.74) is 8.05. The van der Waals surface area contributed by atoms with Crippen molar-refractivity contribution < 1.29 is 17.2 Å². The highest BCUT2D eigenvalue weighted by Crippen LogP contribution is 2.34. The molecule has 9 heteroatoms. The van der Waals surface area contributed by atoms with Gasteiger partial charge < -0.3 is 15.1 Å². The van der Waals surface area contributed by atoms with E-state index in [2.05, 4.69) is 9.71 Å². The molecule has 3 N–H and O–H groups in total. The molecule has 0 bridgehead atoms. The van der Waals surface area contributed by atoms with Gasteiger partial charge in [0.25, 0.3) is 10.0 Å². The quantitative estimate of drug-likeness (QED) is 0.716. The predicted molar refractivity (Wildman–Crippen MR) is 99.9 cm³/mol. The molecule has 1 aliphatic heterocycles. The average molecular weight is 386 g/mol. The second-order valence-electron chi connectivity index (χ2n) is 5.89. The van der Waals surface area contributed by atoms with Gasteiger partial charge in [-0.25, -0.2) is 17.8 Å². The number of nitrogens with two attached hydrogens (primary N) is 1. The van der Waals surface area contributed by atoms with Crippen LogP contribution in [0.5, 0.6) is 0 Å². The van der Waals surface area contributed by atoms with Crippen LogP contribution in [-0.4, -0.2) is 14.8 Å². The van der Waals surface area contributed by atoms with Crippen molar-refractivity contribution in [3.8, 4) is 0 Å². The fraction of sp³-hybridized carbons (Fsp3) is 0.0556. The van der Waals surface area contributed by atoms with E-state index >= 15 is 0 Å². The highest BCUT2D eigenvalue weighted by Gasteiger charge is 2.24. The number of benzene rings is 2. The topological polar surface area (TPSA) is 101 Å². The summed E-state index contributed by atoms with van der Waals surface area (Å²) in [4.78, 5) is 5.79. The van der Waals surface area contributed by atoms with E-state index in [1.165, 1.54) is 24.5 Å². The molecular formula is C18H15FN4O3S. The van der Waals surface area contributed by atoms with E-state index in [1.807, 2.05) is 0 Å². The molecule has 27 heavy (non-hydrogen) atoms. The molecule has 1 atom stereocenters. The summed E-state index contributed by atoms with van der Waals surface area (Å²) in [6.45, 7) is 0. The Hall–Kier alpha value is -3.17. The predicted octanol–water partition coefficient (Wildman–Crippen LogP) is 3.36. The molecule has 0 amide bonds. The van der Waals surface area contributed by atoms with Crippen molar-refractivity contribution in [1.29, 1.82) is 0 Å². The van der Waals surface area contributed by atoms with Crippen LogP contribution in [0.3, 0.4) is 0 Å². The van der Waals surface area contributed by atoms with Crippen molar-refractivity contribution in [3.63, 3.8) is 0 Å². The lowest BCUT2D eigenvalue weighted by Gasteiger charge is -2.29. The van der Waals surface area contributed by atoms with Crippen molar-refractivity contribution in [2.75, 3.05) is 9.62 Å². The second-order valence-corrected chi connectivity index (χ2v) is 7.57. The molecule has 1 aromatic heterocycles. The van der Waals surface area contributed by atoms with Gasteiger partial charge in [0.05, 0.1) is 16.7 Å². The molecule has 0 fully saturated rings. The van der Waals surface area contributed by atoms with Crippen LogP contribution in [0.4, 0.5) is 21.6 Å². The third-order valence-corrected chi connectivity index (χ3v) is 5.49. The molecule has 2 heterocycles. The van der Waals surface area contributed by atoms with Gasteiger partial charge in [0.2, 0.25) is 5.88 Å². The number of halogens is 1. The molecule has 4 rings (SSSR count). The summed E-state index contributed by atoms with van der Waals surface area (Å²) < 4.78 is 45.7. The first-order valence-electron chi connectivity index (χ1n) is 7.98. The third-order valence-electron chi connectivity index (χ3n) is 4.12. The lowest BCUT2D eigenvalue weighted by molar-refractivity contribution is 0.567. The number of nitrogens with zero attached hydrogens (tertiary/aromatic N) is 2. The minimum Gasteiger partial charge on any atom is -0.446 e. The Morgan fingerprint density at radius 3 is 2.67 bits per heavy atom. The number of fused-ring (bicyclic) bond motifs is 1. The number of sulfonamides is 1. The van der Waals surface area contributed by atoms with Crippen LogP contribution in [0.2, 0.25) is 0 Å². The Kier molecular flexibility index (Phi) is 4.17. The number of hydrogen-bond donors (Lipinski definition) is 2. The number of nitrogens with one attached hydrogen (secondary N) is 1. The van der Waals surface area contributed by atoms with Crippen LogP contribution < -0.4 is 15.4 Å². The van der Waals surface area contributed by atoms with Crippen LogP contribution in [-0.2, 0) is 10.0 Å². The van der Waals surface area contributed by atoms with E-state index in [9.17, 15) is 12.8 Å². The first kappa shape index (κ1) is 17.3. The highest BCUT2D eigenvalue weighted by molar-refractivity contribution is 7.92. The lowest BCUT2D eigenvalue weighted by Crippen LogP contribution is -2.35. The van der Waals surface area contributed by atoms with Crippen LogP contribution in [0.25, 0.3) is 0 Å². The minimum atomic E-state index is -3.88. The first-order valence-corrected chi connectivity index (χ1v) is 9.46. The van der Waals surface area contributed by atoms with Gasteiger partial charge in [-0.2, -0.15) is 0 Å². The van der Waals surface area contributed by atoms with Crippen LogP contribution >= 0.6 is 0 Å². The normalized spacial score (nSPS) is 16.2. The van der Waals surface area contributed by atoms with Gasteiger partial charge in [-0.1, -0.05) is 6.07 Å². The van der Waals surface area contributed by atoms with Crippen LogP contribution in [0, 0.1) is 5.82 Å². The zero-order valence-electron chi connectivity index (χ0n) is 13.9. The summed E-state index contributed by atoms with van der Waals surface area (Å²) in [6, 6.07) is 13.2. The number of rotatable bonds is 4. The molecule has 1 unspecified atom stereocenters. The minimum absolute atomic E-state index is 0.149. The molecule has 1 aliphatic rings. The fourth-order valence-electron chi connectivity index (χ4n) is 2.75. The summed E-state index contributed by atoms with van der Waals surface area (Å²) >= 11 is 0. The maximum Gasteiger partial charge on any atom is 0.261 e. The maximum absolute atomic E-state index is 13.3. The van der Waals surface area contributed by atoms with Gasteiger partial charge in [0, 0.05) is 11.4 Å². The summed E-state index contributed by atoms with van der Waals surface area (Å²) in [7, 11) is -3.88. The van der Waals surface area contributed by atoms with Crippen LogP contribution in [0.15, 0.2) is 75.2 Å². The SMILES string of the molecule is NC1c2ccoc2N=CN1c1ccc(NS(=O)(=O)c2cccc(F)c2)cc1. The Morgan fingerprint density at radius 2 is 1.93 bits per heavy atom. The van der Waals surface area contributed by atoms with Crippen molar-refractivity contribution in [3.05, 3.63) is 72.2 Å². The Labute approximate surface area is 155 Å². The van der Waals surface area contributed by atoms with Crippen molar-refractivity contribution in [2.24, 2.45) is 10.7 Å². The van der Waals surface area contributed by atoms with E-state index in [0.717, 1.165) is 17.3 Å². The summed E-state index contributed by atoms with van der Waals surface area (Å²) in [5, 5.41) is 0. The number of hydrogen-bond acceptors (Lipinski definition) is 6. The van der Waals surface area contributed by atoms with Gasteiger partial charge in [-0.3, -0.25) is 4.72 Å². The van der Waals surface area contributed by atoms with E-state index in [4.69, 9.17) is 10.2 Å². The van der Waals surface area contributed by atoms with Crippen LogP contribution in [0.1, 0.15) is 11.7 Å². The second kappa shape index (κ2) is 6.53. The van der Waals surface area contributed by atoms with E-state index in [-0.39, 0.29) is 4.90 Å². The van der Waals surface area contributed by atoms with Gasteiger partial charge in [-0.05, 0) is 48.5 Å². The monoisotopic (exact) mass is 386 g/mol. The number of aliphatic imine (C=N–C) groups is 1. The zero-order valence-corrected chi connectivity index (χ0v) is 14.7. The van der Waals surface area contributed by atoms with Gasteiger partial charge in [-0.15, -0.1) is 0 Å². The van der Waals surface area contributed by atoms with Gasteiger partial charge in [0.15, 0.2) is 0 Å². The largest absolute Gasteiger partial charge is 0.446 e. The smallest absolute Gasteiger partial charge is 0.261 e. The molecule has 7 nitrogen and oxygen atoms in total. The molecule has 0 saturated carbocycles. The molecule has 3 aromatic rings. The molecule has 138 valence electrons. The third kappa shape index (κ3) is 3.29. The Morgan fingerprint density at radius 1 is 1.15 bits per heavy atom. The van der Waals surface area contributed by atoms with E-state index in [1.54, 1.807) is 41.6 Å². The Balaban J connectivity index is 1.55. The molecule has 2 aromatic carbocycles. The van der Waals surface area contributed by atoms with Crippen molar-refractivity contribution in [1.82, 2.24) is 0 Å². The summed E-state index contributed by atoms with van der Waals surface area (Å²) in [6.07, 6.45) is 2.61. The standard InChI is InChI=1S/C18H15FN4O3S/c19-12-2-1-3-15(10-12)27(24,25)22-13-4-6-14(7-5-13)23-11-21-18-16(17(23)20)8-9-26-18/h1-11,17,22H,20H2. The van der Waals surface area contributed by atoms with Crippen molar-refractivity contribution in [2.45, 2.75) is 11.1 Å². The van der Waals surface area contributed by atoms with Gasteiger partial charge >= 0.3 is 0 Å². The number of furan rings is 1. The summed E-state index contributed by atoms with van der Waals surface area (Å²) in [5.74, 6) is -0.150. The lowest BCUT2D eigenvalue weighted by atomic mass is 10.2. The molecular weight excluding hydrogens is 371 g/mol. The fourth-order valence-corrected chi connectivity index (χ4v) is 3.84. The molecule has 0 saturated heterocycles. The van der Waals surface area contributed by atoms with Crippen molar-refractivity contribution >= 4 is 33.6 Å². The first-order chi connectivity index (χ1) is 12.9. The molecule has 0 radical (unpaired) electrons. The molecule has 0 aliphatic carbocycles. The van der Waals surface area contributed by atoms with E-state index < -0.39 is 22.0 Å². The highest BCUT2D eigenvalue weighted by atomic mass is 32.2. The van der Waals surface area contributed by atoms with Gasteiger partial charge in [0.1, 0.15) is 18.3 Å². The van der Waals surface area contributed by atoms with E-state index in [0.29, 0.717) is 11.6 Å². The maximum atomic E-state index is 13.3. The Bertz CT molecular complexity index is 1110.